The molecule has 1 atom stereocenters. The zero-order valence-electron chi connectivity index (χ0n) is 10.1. The first-order valence-electron chi connectivity index (χ1n) is 6.00. The number of thiophene rings is 1. The van der Waals surface area contributed by atoms with Gasteiger partial charge in [-0.25, -0.2) is 0 Å². The van der Waals surface area contributed by atoms with Crippen LogP contribution in [0.2, 0.25) is 0 Å². The molecular formula is C15H18OS. The van der Waals surface area contributed by atoms with Crippen LogP contribution < -0.4 is 0 Å². The predicted molar refractivity (Wildman–Crippen MR) is 73.5 cm³/mol. The highest BCUT2D eigenvalue weighted by atomic mass is 32.1. The van der Waals surface area contributed by atoms with E-state index in [1.54, 1.807) is 11.3 Å². The molecule has 2 heteroatoms. The standard InChI is InChI=1S/C15H18OS/c1-12-5-2-3-6-13(12)8-9-14(16)11-15-7-4-10-17-15/h2-7,10,14,16H,8-9,11H2,1H3. The zero-order valence-corrected chi connectivity index (χ0v) is 10.9. The summed E-state index contributed by atoms with van der Waals surface area (Å²) in [5.41, 5.74) is 2.66. The highest BCUT2D eigenvalue weighted by Crippen LogP contribution is 2.15. The van der Waals surface area contributed by atoms with E-state index in [1.165, 1.54) is 16.0 Å². The van der Waals surface area contributed by atoms with Gasteiger partial charge < -0.3 is 5.11 Å². The predicted octanol–water partition coefficient (Wildman–Crippen LogP) is 3.59. The summed E-state index contributed by atoms with van der Waals surface area (Å²) in [6.45, 7) is 2.13. The van der Waals surface area contributed by atoms with Crippen molar-refractivity contribution < 1.29 is 5.11 Å². The van der Waals surface area contributed by atoms with Crippen LogP contribution in [0.15, 0.2) is 41.8 Å². The summed E-state index contributed by atoms with van der Waals surface area (Å²) < 4.78 is 0. The first-order valence-corrected chi connectivity index (χ1v) is 6.88. The van der Waals surface area contributed by atoms with Crippen LogP contribution in [0.1, 0.15) is 22.4 Å². The van der Waals surface area contributed by atoms with Crippen molar-refractivity contribution in [1.29, 1.82) is 0 Å². The van der Waals surface area contributed by atoms with Crippen LogP contribution in [-0.4, -0.2) is 11.2 Å². The largest absolute Gasteiger partial charge is 0.393 e. The average Bonchev–Trinajstić information content (AvgIpc) is 2.81. The number of aliphatic hydroxyl groups excluding tert-OH is 1. The van der Waals surface area contributed by atoms with Gasteiger partial charge in [0, 0.05) is 11.3 Å². The molecule has 1 aromatic heterocycles. The van der Waals surface area contributed by atoms with Crippen molar-refractivity contribution in [3.63, 3.8) is 0 Å². The Balaban J connectivity index is 1.84. The van der Waals surface area contributed by atoms with Crippen molar-refractivity contribution in [3.05, 3.63) is 57.8 Å². The number of benzene rings is 1. The van der Waals surface area contributed by atoms with Crippen molar-refractivity contribution in [2.75, 3.05) is 0 Å². The summed E-state index contributed by atoms with van der Waals surface area (Å²) in [6.07, 6.45) is 2.35. The lowest BCUT2D eigenvalue weighted by Crippen LogP contribution is -2.11. The number of hydrogen-bond donors (Lipinski definition) is 1. The molecule has 1 aromatic carbocycles. The smallest absolute Gasteiger partial charge is 0.0591 e. The van der Waals surface area contributed by atoms with Gasteiger partial charge in [0.25, 0.3) is 0 Å². The molecule has 0 aliphatic heterocycles. The quantitative estimate of drug-likeness (QED) is 0.854. The maximum absolute atomic E-state index is 9.98. The summed E-state index contributed by atoms with van der Waals surface area (Å²) in [6, 6.07) is 12.5. The maximum Gasteiger partial charge on any atom is 0.0591 e. The van der Waals surface area contributed by atoms with Crippen LogP contribution in [0, 0.1) is 6.92 Å². The second kappa shape index (κ2) is 5.99. The molecule has 1 unspecified atom stereocenters. The average molecular weight is 246 g/mol. The van der Waals surface area contributed by atoms with E-state index in [9.17, 15) is 5.11 Å². The minimum Gasteiger partial charge on any atom is -0.393 e. The second-order valence-electron chi connectivity index (χ2n) is 4.40. The van der Waals surface area contributed by atoms with Crippen molar-refractivity contribution in [2.45, 2.75) is 32.3 Å². The van der Waals surface area contributed by atoms with Gasteiger partial charge in [0.05, 0.1) is 6.10 Å². The number of aryl methyl sites for hydroxylation is 2. The molecule has 0 aliphatic rings. The third-order valence-corrected chi connectivity index (χ3v) is 3.92. The Bertz CT molecular complexity index is 448. The Kier molecular flexibility index (Phi) is 4.35. The fraction of sp³-hybridized carbons (Fsp3) is 0.333. The molecule has 17 heavy (non-hydrogen) atoms. The molecule has 0 spiro atoms. The first kappa shape index (κ1) is 12.3. The summed E-state index contributed by atoms with van der Waals surface area (Å²) in [5.74, 6) is 0. The van der Waals surface area contributed by atoms with Gasteiger partial charge in [-0.1, -0.05) is 30.3 Å². The van der Waals surface area contributed by atoms with Crippen LogP contribution in [0.5, 0.6) is 0 Å². The molecule has 2 rings (SSSR count). The van der Waals surface area contributed by atoms with Gasteiger partial charge in [-0.05, 0) is 42.3 Å². The molecule has 90 valence electrons. The van der Waals surface area contributed by atoms with E-state index in [-0.39, 0.29) is 6.10 Å². The molecule has 1 nitrogen and oxygen atoms in total. The molecule has 0 radical (unpaired) electrons. The van der Waals surface area contributed by atoms with Gasteiger partial charge in [0.15, 0.2) is 0 Å². The molecule has 0 saturated heterocycles. The van der Waals surface area contributed by atoms with E-state index in [4.69, 9.17) is 0 Å². The summed E-state index contributed by atoms with van der Waals surface area (Å²) in [5, 5.41) is 12.0. The van der Waals surface area contributed by atoms with Crippen LogP contribution >= 0.6 is 11.3 Å². The number of hydrogen-bond acceptors (Lipinski definition) is 2. The molecule has 2 aromatic rings. The molecular weight excluding hydrogens is 228 g/mol. The lowest BCUT2D eigenvalue weighted by atomic mass is 10.0. The second-order valence-corrected chi connectivity index (χ2v) is 5.43. The van der Waals surface area contributed by atoms with Crippen molar-refractivity contribution in [3.8, 4) is 0 Å². The molecule has 0 bridgehead atoms. The van der Waals surface area contributed by atoms with E-state index in [2.05, 4.69) is 42.6 Å². The highest BCUT2D eigenvalue weighted by molar-refractivity contribution is 7.09. The van der Waals surface area contributed by atoms with Gasteiger partial charge in [-0.3, -0.25) is 0 Å². The summed E-state index contributed by atoms with van der Waals surface area (Å²) >= 11 is 1.72. The highest BCUT2D eigenvalue weighted by Gasteiger charge is 2.07. The fourth-order valence-corrected chi connectivity index (χ4v) is 2.75. The topological polar surface area (TPSA) is 20.2 Å². The molecule has 0 saturated carbocycles. The third-order valence-electron chi connectivity index (χ3n) is 3.03. The Hall–Kier alpha value is -1.12. The van der Waals surface area contributed by atoms with E-state index in [1.807, 2.05) is 6.07 Å². The van der Waals surface area contributed by atoms with Crippen LogP contribution in [0.4, 0.5) is 0 Å². The minimum absolute atomic E-state index is 0.228. The van der Waals surface area contributed by atoms with Crippen LogP contribution in [-0.2, 0) is 12.8 Å². The molecule has 0 amide bonds. The van der Waals surface area contributed by atoms with Crippen molar-refractivity contribution in [2.24, 2.45) is 0 Å². The lowest BCUT2D eigenvalue weighted by Gasteiger charge is -2.10. The Morgan fingerprint density at radius 1 is 1.18 bits per heavy atom. The van der Waals surface area contributed by atoms with E-state index in [0.29, 0.717) is 0 Å². The lowest BCUT2D eigenvalue weighted by molar-refractivity contribution is 0.166. The fourth-order valence-electron chi connectivity index (χ4n) is 1.98. The molecule has 0 aliphatic carbocycles. The first-order chi connectivity index (χ1) is 8.25. The minimum atomic E-state index is -0.228. The van der Waals surface area contributed by atoms with Crippen molar-refractivity contribution >= 4 is 11.3 Å². The van der Waals surface area contributed by atoms with E-state index in [0.717, 1.165) is 19.3 Å². The van der Waals surface area contributed by atoms with E-state index < -0.39 is 0 Å². The molecule has 1 heterocycles. The van der Waals surface area contributed by atoms with Gasteiger partial charge in [0.2, 0.25) is 0 Å². The maximum atomic E-state index is 9.98. The van der Waals surface area contributed by atoms with Crippen LogP contribution in [0.3, 0.4) is 0 Å². The Morgan fingerprint density at radius 2 is 2.00 bits per heavy atom. The normalized spacial score (nSPS) is 12.6. The van der Waals surface area contributed by atoms with Gasteiger partial charge in [0.1, 0.15) is 0 Å². The summed E-state index contributed by atoms with van der Waals surface area (Å²) in [7, 11) is 0. The monoisotopic (exact) mass is 246 g/mol. The molecule has 1 N–H and O–H groups in total. The van der Waals surface area contributed by atoms with Gasteiger partial charge in [-0.2, -0.15) is 0 Å². The zero-order chi connectivity index (χ0) is 12.1. The SMILES string of the molecule is Cc1ccccc1CCC(O)Cc1cccs1. The van der Waals surface area contributed by atoms with E-state index >= 15 is 0 Å². The number of aliphatic hydroxyl groups is 1. The Labute approximate surface area is 107 Å². The van der Waals surface area contributed by atoms with Gasteiger partial charge in [-0.15, -0.1) is 11.3 Å². The number of rotatable bonds is 5. The molecule has 0 fully saturated rings. The summed E-state index contributed by atoms with van der Waals surface area (Å²) in [4.78, 5) is 1.27. The van der Waals surface area contributed by atoms with Gasteiger partial charge >= 0.3 is 0 Å². The van der Waals surface area contributed by atoms with Crippen LogP contribution in [0.25, 0.3) is 0 Å². The Morgan fingerprint density at radius 3 is 2.71 bits per heavy atom. The third kappa shape index (κ3) is 3.69. The van der Waals surface area contributed by atoms with Crippen molar-refractivity contribution in [1.82, 2.24) is 0 Å².